The van der Waals surface area contributed by atoms with E-state index in [1.807, 2.05) is 0 Å². The SMILES string of the molecule is CC(=O)O.O=[N+]([O-])[O-].[Pd].[Pt]. The standard InChI is InChI=1S/C2H4O2.NO3.Pd.Pt/c1-2(3)4;2-1(3)4;;/h1H3,(H,3,4);;;/q;-1;;. The molecule has 0 bridgehead atoms. The van der Waals surface area contributed by atoms with E-state index in [9.17, 15) is 0 Å². The Morgan fingerprint density at radius 3 is 1.50 bits per heavy atom. The molecule has 0 saturated carbocycles. The maximum absolute atomic E-state index is 9.00. The van der Waals surface area contributed by atoms with Gasteiger partial charge in [0.05, 0.1) is 5.09 Å². The van der Waals surface area contributed by atoms with E-state index in [4.69, 9.17) is 25.2 Å². The van der Waals surface area contributed by atoms with Gasteiger partial charge in [0.25, 0.3) is 5.97 Å². The molecule has 0 aromatic carbocycles. The van der Waals surface area contributed by atoms with Crippen LogP contribution in [-0.2, 0) is 46.3 Å². The largest absolute Gasteiger partial charge is 0.481 e. The Balaban J connectivity index is -0.0000000300. The molecule has 1 N–H and O–H groups in total. The van der Waals surface area contributed by atoms with E-state index < -0.39 is 11.1 Å². The normalized spacial score (nSPS) is 4.90. The van der Waals surface area contributed by atoms with Crippen LogP contribution in [0.25, 0.3) is 0 Å². The van der Waals surface area contributed by atoms with Crippen molar-refractivity contribution in [2.75, 3.05) is 0 Å². The summed E-state index contributed by atoms with van der Waals surface area (Å²) >= 11 is 0. The average Bonchev–Trinajstić information content (AvgIpc) is 1.25. The first-order valence-corrected chi connectivity index (χ1v) is 1.48. The van der Waals surface area contributed by atoms with E-state index in [1.54, 1.807) is 0 Å². The molecule has 6 nitrogen and oxygen atoms in total. The van der Waals surface area contributed by atoms with Crippen molar-refractivity contribution in [2.24, 2.45) is 0 Å². The molecule has 0 aromatic rings. The molecule has 0 aliphatic carbocycles. The van der Waals surface area contributed by atoms with Crippen LogP contribution < -0.4 is 0 Å². The number of aliphatic carboxylic acids is 1. The maximum atomic E-state index is 9.00. The van der Waals surface area contributed by atoms with Gasteiger partial charge in [0.15, 0.2) is 0 Å². The van der Waals surface area contributed by atoms with E-state index in [1.165, 1.54) is 0 Å². The first-order chi connectivity index (χ1) is 3.46. The van der Waals surface area contributed by atoms with Crippen molar-refractivity contribution < 1.29 is 56.5 Å². The van der Waals surface area contributed by atoms with Crippen molar-refractivity contribution >= 4 is 5.97 Å². The van der Waals surface area contributed by atoms with Gasteiger partial charge in [0.1, 0.15) is 0 Å². The summed E-state index contributed by atoms with van der Waals surface area (Å²) in [5.41, 5.74) is 0. The smallest absolute Gasteiger partial charge is 0.300 e. The van der Waals surface area contributed by atoms with Crippen molar-refractivity contribution in [3.63, 3.8) is 0 Å². The quantitative estimate of drug-likeness (QED) is 0.331. The minimum absolute atomic E-state index is 0. The average molecular weight is 424 g/mol. The van der Waals surface area contributed by atoms with Gasteiger partial charge in [0, 0.05) is 48.4 Å². The molecular weight excluding hydrogens is 420 g/mol. The second-order valence-electron chi connectivity index (χ2n) is 0.743. The van der Waals surface area contributed by atoms with Gasteiger partial charge < -0.3 is 20.4 Å². The van der Waals surface area contributed by atoms with E-state index in [0.29, 0.717) is 0 Å². The Bertz CT molecular complexity index is 77.6. The van der Waals surface area contributed by atoms with Gasteiger partial charge in [-0.15, -0.1) is 0 Å². The van der Waals surface area contributed by atoms with Gasteiger partial charge >= 0.3 is 0 Å². The van der Waals surface area contributed by atoms with Crippen molar-refractivity contribution in [3.8, 4) is 0 Å². The number of carbonyl (C=O) groups is 1. The van der Waals surface area contributed by atoms with Crippen LogP contribution in [0.4, 0.5) is 0 Å². The third kappa shape index (κ3) is 927000. The molecule has 0 radical (unpaired) electrons. The Labute approximate surface area is 84.6 Å². The number of carboxylic acids is 1. The summed E-state index contributed by atoms with van der Waals surface area (Å²) in [7, 11) is 0. The van der Waals surface area contributed by atoms with Crippen molar-refractivity contribution in [3.05, 3.63) is 15.3 Å². The van der Waals surface area contributed by atoms with Crippen LogP contribution in [0.2, 0.25) is 0 Å². The molecule has 0 aliphatic rings. The molecule has 0 rings (SSSR count). The van der Waals surface area contributed by atoms with Gasteiger partial charge in [-0.05, 0) is 0 Å². The fraction of sp³-hybridized carbons (Fsp3) is 0.500. The van der Waals surface area contributed by atoms with Crippen molar-refractivity contribution in [1.82, 2.24) is 0 Å². The minimum atomic E-state index is -1.75. The summed E-state index contributed by atoms with van der Waals surface area (Å²) in [5.74, 6) is -0.833. The van der Waals surface area contributed by atoms with Crippen LogP contribution in [0.15, 0.2) is 0 Å². The van der Waals surface area contributed by atoms with Crippen LogP contribution >= 0.6 is 0 Å². The number of nitrogens with zero attached hydrogens (tertiary/aromatic N) is 1. The molecule has 0 fully saturated rings. The summed E-state index contributed by atoms with van der Waals surface area (Å²) in [6, 6.07) is 0. The van der Waals surface area contributed by atoms with Crippen LogP contribution in [0.5, 0.6) is 0 Å². The first kappa shape index (κ1) is 22.5. The zero-order valence-electron chi connectivity index (χ0n) is 4.66. The summed E-state index contributed by atoms with van der Waals surface area (Å²) < 4.78 is 0. The third-order valence-corrected chi connectivity index (χ3v) is 0. The summed E-state index contributed by atoms with van der Waals surface area (Å²) in [6.07, 6.45) is 0. The molecule has 0 unspecified atom stereocenters. The summed E-state index contributed by atoms with van der Waals surface area (Å²) in [4.78, 5) is 17.2. The molecule has 68 valence electrons. The summed E-state index contributed by atoms with van der Waals surface area (Å²) in [5, 5.41) is 22.2. The Morgan fingerprint density at radius 1 is 1.50 bits per heavy atom. The monoisotopic (exact) mass is 423 g/mol. The molecule has 8 heteroatoms. The predicted octanol–water partition coefficient (Wildman–Crippen LogP) is -0.153. The minimum Gasteiger partial charge on any atom is -0.481 e. The molecular formula is C2H4NO5PdPt-. The van der Waals surface area contributed by atoms with E-state index >= 15 is 0 Å². The van der Waals surface area contributed by atoms with Crippen LogP contribution in [0, 0.1) is 15.3 Å². The number of hydrogen-bond donors (Lipinski definition) is 1. The zero-order chi connectivity index (χ0) is 7.15. The maximum Gasteiger partial charge on any atom is 0.300 e. The number of carboxylic acid groups (broad SMARTS) is 1. The third-order valence-electron chi connectivity index (χ3n) is 0. The predicted molar refractivity (Wildman–Crippen MR) is 23.7 cm³/mol. The molecule has 0 atom stereocenters. The second kappa shape index (κ2) is 16.0. The Hall–Kier alpha value is 0.0206. The molecule has 0 saturated heterocycles. The van der Waals surface area contributed by atoms with E-state index in [0.717, 1.165) is 6.92 Å². The van der Waals surface area contributed by atoms with Gasteiger partial charge in [-0.1, -0.05) is 0 Å². The zero-order valence-corrected chi connectivity index (χ0v) is 8.49. The second-order valence-corrected chi connectivity index (χ2v) is 0.743. The Morgan fingerprint density at radius 2 is 1.50 bits per heavy atom. The van der Waals surface area contributed by atoms with Crippen molar-refractivity contribution in [1.29, 1.82) is 0 Å². The van der Waals surface area contributed by atoms with Crippen molar-refractivity contribution in [2.45, 2.75) is 6.92 Å². The molecule has 0 spiro atoms. The Kier molecular flexibility index (Phi) is 36.0. The van der Waals surface area contributed by atoms with E-state index in [-0.39, 0.29) is 41.5 Å². The van der Waals surface area contributed by atoms with Crippen LogP contribution in [0.3, 0.4) is 0 Å². The van der Waals surface area contributed by atoms with Gasteiger partial charge in [-0.3, -0.25) is 4.79 Å². The molecule has 10 heavy (non-hydrogen) atoms. The molecule has 0 aliphatic heterocycles. The number of rotatable bonds is 0. The first-order valence-electron chi connectivity index (χ1n) is 1.48. The number of hydrogen-bond acceptors (Lipinski definition) is 4. The van der Waals surface area contributed by atoms with Crippen LogP contribution in [-0.4, -0.2) is 16.2 Å². The fourth-order valence-electron chi connectivity index (χ4n) is 0. The molecule has 0 heterocycles. The topological polar surface area (TPSA) is 104 Å². The molecule has 0 amide bonds. The summed E-state index contributed by atoms with van der Waals surface area (Å²) in [6.45, 7) is 1.08. The van der Waals surface area contributed by atoms with Gasteiger partial charge in [0.2, 0.25) is 0 Å². The van der Waals surface area contributed by atoms with Gasteiger partial charge in [-0.25, -0.2) is 0 Å². The van der Waals surface area contributed by atoms with Crippen LogP contribution in [0.1, 0.15) is 6.92 Å². The van der Waals surface area contributed by atoms with E-state index in [2.05, 4.69) is 0 Å². The molecule has 0 aromatic heterocycles. The fourth-order valence-corrected chi connectivity index (χ4v) is 0. The van der Waals surface area contributed by atoms with Gasteiger partial charge in [-0.2, -0.15) is 0 Å².